The van der Waals surface area contributed by atoms with E-state index in [0.717, 1.165) is 32.0 Å². The van der Waals surface area contributed by atoms with E-state index in [4.69, 9.17) is 16.3 Å². The number of rotatable bonds is 3. The maximum absolute atomic E-state index is 12.2. The summed E-state index contributed by atoms with van der Waals surface area (Å²) < 4.78 is 5.33. The molecule has 114 valence electrons. The minimum Gasteiger partial charge on any atom is -0.378 e. The van der Waals surface area contributed by atoms with E-state index in [1.807, 2.05) is 6.07 Å². The van der Waals surface area contributed by atoms with Crippen molar-refractivity contribution in [2.24, 2.45) is 0 Å². The van der Waals surface area contributed by atoms with Gasteiger partial charge >= 0.3 is 0 Å². The molecule has 0 radical (unpaired) electrons. The van der Waals surface area contributed by atoms with Gasteiger partial charge in [-0.15, -0.1) is 0 Å². The lowest BCUT2D eigenvalue weighted by molar-refractivity contribution is 0.102. The normalized spacial score (nSPS) is 14.7. The zero-order valence-electron chi connectivity index (χ0n) is 12.0. The Bertz CT molecular complexity index is 655. The van der Waals surface area contributed by atoms with Crippen molar-refractivity contribution < 1.29 is 9.53 Å². The van der Waals surface area contributed by atoms with Gasteiger partial charge in [0, 0.05) is 13.1 Å². The zero-order chi connectivity index (χ0) is 15.4. The van der Waals surface area contributed by atoms with Crippen LogP contribution in [0.25, 0.3) is 0 Å². The third kappa shape index (κ3) is 3.37. The van der Waals surface area contributed by atoms with Gasteiger partial charge in [-0.3, -0.25) is 4.79 Å². The Morgan fingerprint density at radius 1 is 1.18 bits per heavy atom. The van der Waals surface area contributed by atoms with Crippen molar-refractivity contribution in [1.29, 1.82) is 0 Å². The summed E-state index contributed by atoms with van der Waals surface area (Å²) in [5.74, 6) is 0.235. The smallest absolute Gasteiger partial charge is 0.258 e. The lowest BCUT2D eigenvalue weighted by atomic mass is 10.2. The van der Waals surface area contributed by atoms with E-state index in [-0.39, 0.29) is 5.91 Å². The minimum absolute atomic E-state index is 0.266. The number of nitrogens with one attached hydrogen (secondary N) is 1. The molecule has 3 rings (SSSR count). The number of morpholine rings is 1. The average molecular weight is 318 g/mol. The first kappa shape index (κ1) is 14.8. The third-order valence-corrected chi connectivity index (χ3v) is 3.81. The Morgan fingerprint density at radius 3 is 2.64 bits per heavy atom. The number of ether oxygens (including phenoxy) is 1. The largest absolute Gasteiger partial charge is 0.378 e. The van der Waals surface area contributed by atoms with Crippen LogP contribution in [0.2, 0.25) is 5.02 Å². The Morgan fingerprint density at radius 2 is 1.95 bits per heavy atom. The van der Waals surface area contributed by atoms with E-state index in [9.17, 15) is 4.79 Å². The fourth-order valence-corrected chi connectivity index (χ4v) is 2.52. The van der Waals surface area contributed by atoms with Gasteiger partial charge in [0.05, 0.1) is 35.7 Å². The summed E-state index contributed by atoms with van der Waals surface area (Å²) in [4.78, 5) is 18.7. The van der Waals surface area contributed by atoms with Crippen molar-refractivity contribution in [1.82, 2.24) is 4.98 Å². The highest BCUT2D eigenvalue weighted by Crippen LogP contribution is 2.19. The summed E-state index contributed by atoms with van der Waals surface area (Å²) in [6.45, 7) is 3.16. The van der Waals surface area contributed by atoms with Crippen LogP contribution in [0.4, 0.5) is 11.5 Å². The summed E-state index contributed by atoms with van der Waals surface area (Å²) in [5, 5.41) is 3.17. The molecule has 0 aliphatic carbocycles. The van der Waals surface area contributed by atoms with E-state index in [1.54, 1.807) is 36.5 Å². The highest BCUT2D eigenvalue weighted by molar-refractivity contribution is 6.34. The summed E-state index contributed by atoms with van der Waals surface area (Å²) in [7, 11) is 0. The Hall–Kier alpha value is -2.11. The average Bonchev–Trinajstić information content (AvgIpc) is 2.57. The first-order chi connectivity index (χ1) is 10.7. The van der Waals surface area contributed by atoms with Crippen LogP contribution in [0.3, 0.4) is 0 Å². The van der Waals surface area contributed by atoms with Crippen LogP contribution >= 0.6 is 11.6 Å². The zero-order valence-corrected chi connectivity index (χ0v) is 12.7. The molecule has 6 heteroatoms. The summed E-state index contributed by atoms with van der Waals surface area (Å²) in [6.07, 6.45) is 1.76. The molecule has 1 aliphatic rings. The molecule has 1 aliphatic heterocycles. The molecule has 1 aromatic carbocycles. The first-order valence-electron chi connectivity index (χ1n) is 7.09. The number of hydrogen-bond donors (Lipinski definition) is 1. The van der Waals surface area contributed by atoms with E-state index in [1.165, 1.54) is 0 Å². The van der Waals surface area contributed by atoms with E-state index in [0.29, 0.717) is 16.4 Å². The molecular formula is C16H16ClN3O2. The molecule has 0 atom stereocenters. The molecule has 22 heavy (non-hydrogen) atoms. The number of carbonyl (C=O) groups is 1. The van der Waals surface area contributed by atoms with Crippen LogP contribution in [0.5, 0.6) is 0 Å². The van der Waals surface area contributed by atoms with E-state index < -0.39 is 0 Å². The van der Waals surface area contributed by atoms with Crippen molar-refractivity contribution in [3.8, 4) is 0 Å². The van der Waals surface area contributed by atoms with Gasteiger partial charge in [0.15, 0.2) is 0 Å². The molecular weight excluding hydrogens is 302 g/mol. The second-order valence-electron chi connectivity index (χ2n) is 4.94. The van der Waals surface area contributed by atoms with Crippen molar-refractivity contribution in [3.05, 3.63) is 53.2 Å². The van der Waals surface area contributed by atoms with Crippen molar-refractivity contribution in [2.75, 3.05) is 36.5 Å². The van der Waals surface area contributed by atoms with Gasteiger partial charge < -0.3 is 15.0 Å². The molecule has 1 aromatic heterocycles. The monoisotopic (exact) mass is 317 g/mol. The van der Waals surface area contributed by atoms with Gasteiger partial charge in [-0.2, -0.15) is 0 Å². The van der Waals surface area contributed by atoms with Crippen LogP contribution in [-0.2, 0) is 4.74 Å². The Labute approximate surface area is 133 Å². The number of amides is 1. The molecule has 5 nitrogen and oxygen atoms in total. The first-order valence-corrected chi connectivity index (χ1v) is 7.46. The third-order valence-electron chi connectivity index (χ3n) is 3.48. The summed E-state index contributed by atoms with van der Waals surface area (Å²) in [5.41, 5.74) is 1.46. The molecule has 0 unspecified atom stereocenters. The number of pyridine rings is 1. The van der Waals surface area contributed by atoms with E-state index in [2.05, 4.69) is 15.2 Å². The molecule has 1 fully saturated rings. The number of nitrogens with zero attached hydrogens (tertiary/aromatic N) is 2. The predicted octanol–water partition coefficient (Wildman–Crippen LogP) is 2.82. The number of carbonyl (C=O) groups excluding carboxylic acids is 1. The fourth-order valence-electron chi connectivity index (χ4n) is 2.30. The summed E-state index contributed by atoms with van der Waals surface area (Å²) >= 11 is 6.01. The van der Waals surface area contributed by atoms with Crippen molar-refractivity contribution >= 4 is 29.0 Å². The highest BCUT2D eigenvalue weighted by atomic mass is 35.5. The maximum atomic E-state index is 12.2. The molecule has 1 amide bonds. The van der Waals surface area contributed by atoms with Crippen LogP contribution in [0, 0.1) is 0 Å². The van der Waals surface area contributed by atoms with Crippen molar-refractivity contribution in [2.45, 2.75) is 0 Å². The molecule has 2 heterocycles. The van der Waals surface area contributed by atoms with Gasteiger partial charge in [-0.1, -0.05) is 23.7 Å². The molecule has 1 saturated heterocycles. The van der Waals surface area contributed by atoms with Gasteiger partial charge in [0.1, 0.15) is 5.82 Å². The number of halogens is 1. The van der Waals surface area contributed by atoms with Gasteiger partial charge in [-0.05, 0) is 24.3 Å². The number of benzene rings is 1. The number of anilines is 2. The van der Waals surface area contributed by atoms with Crippen LogP contribution < -0.4 is 10.2 Å². The van der Waals surface area contributed by atoms with E-state index >= 15 is 0 Å². The minimum atomic E-state index is -0.266. The molecule has 1 N–H and O–H groups in total. The molecule has 0 bridgehead atoms. The second-order valence-corrected chi connectivity index (χ2v) is 5.34. The van der Waals surface area contributed by atoms with Crippen molar-refractivity contribution in [3.63, 3.8) is 0 Å². The number of aromatic nitrogens is 1. The molecule has 0 spiro atoms. The topological polar surface area (TPSA) is 54.5 Å². The standard InChI is InChI=1S/C16H16ClN3O2/c17-14-4-2-1-3-13(14)16(21)19-15-6-5-12(11-18-15)20-7-9-22-10-8-20/h1-6,11H,7-10H2,(H,18,19,21). The SMILES string of the molecule is O=C(Nc1ccc(N2CCOCC2)cn1)c1ccccc1Cl. The maximum Gasteiger partial charge on any atom is 0.258 e. The van der Waals surface area contributed by atoms with Crippen LogP contribution in [0.1, 0.15) is 10.4 Å². The molecule has 0 saturated carbocycles. The van der Waals surface area contributed by atoms with Gasteiger partial charge in [0.25, 0.3) is 5.91 Å². The van der Waals surface area contributed by atoms with Gasteiger partial charge in [-0.25, -0.2) is 4.98 Å². The van der Waals surface area contributed by atoms with Crippen LogP contribution in [0.15, 0.2) is 42.6 Å². The summed E-state index contributed by atoms with van der Waals surface area (Å²) in [6, 6.07) is 10.7. The van der Waals surface area contributed by atoms with Crippen LogP contribution in [-0.4, -0.2) is 37.2 Å². The lowest BCUT2D eigenvalue weighted by Gasteiger charge is -2.28. The predicted molar refractivity (Wildman–Crippen MR) is 86.7 cm³/mol. The highest BCUT2D eigenvalue weighted by Gasteiger charge is 2.13. The number of hydrogen-bond acceptors (Lipinski definition) is 4. The quantitative estimate of drug-likeness (QED) is 0.946. The Kier molecular flexibility index (Phi) is 4.56. The Balaban J connectivity index is 1.68. The second kappa shape index (κ2) is 6.77. The fraction of sp³-hybridized carbons (Fsp3) is 0.250. The molecule has 2 aromatic rings. The van der Waals surface area contributed by atoms with Gasteiger partial charge in [0.2, 0.25) is 0 Å². The lowest BCUT2D eigenvalue weighted by Crippen LogP contribution is -2.36.